The molecule has 0 aromatic heterocycles. The Kier molecular flexibility index (Phi) is 4.93. The van der Waals surface area contributed by atoms with Crippen molar-refractivity contribution in [2.24, 2.45) is 5.73 Å². The van der Waals surface area contributed by atoms with Gasteiger partial charge in [-0.05, 0) is 36.6 Å². The van der Waals surface area contributed by atoms with Gasteiger partial charge in [0.1, 0.15) is 12.4 Å². The molecule has 1 saturated heterocycles. The lowest BCUT2D eigenvalue weighted by molar-refractivity contribution is 0.0740. The summed E-state index contributed by atoms with van der Waals surface area (Å²) in [4.78, 5) is 14.5. The third kappa shape index (κ3) is 3.71. The maximum Gasteiger partial charge on any atom is 0.254 e. The van der Waals surface area contributed by atoms with E-state index in [0.29, 0.717) is 24.5 Å². The number of nitrogens with zero attached hydrogens (tertiary/aromatic N) is 1. The minimum Gasteiger partial charge on any atom is -0.489 e. The number of amides is 1. The molecule has 1 aliphatic rings. The topological polar surface area (TPSA) is 55.6 Å². The first-order valence-corrected chi connectivity index (χ1v) is 8.06. The van der Waals surface area contributed by atoms with Gasteiger partial charge in [0.05, 0.1) is 0 Å². The van der Waals surface area contributed by atoms with Crippen LogP contribution >= 0.6 is 0 Å². The predicted molar refractivity (Wildman–Crippen MR) is 90.3 cm³/mol. The monoisotopic (exact) mass is 310 g/mol. The van der Waals surface area contributed by atoms with Gasteiger partial charge in [-0.15, -0.1) is 0 Å². The lowest BCUT2D eigenvalue weighted by atomic mass is 10.1. The standard InChI is InChI=1S/C19H22N2O2/c20-13-17-9-5-11-21(17)19(22)16-8-4-10-18(12-16)23-14-15-6-2-1-3-7-15/h1-4,6-8,10,12,17H,5,9,11,13-14,20H2. The first-order chi connectivity index (χ1) is 11.3. The summed E-state index contributed by atoms with van der Waals surface area (Å²) in [6.45, 7) is 1.80. The molecule has 3 rings (SSSR count). The van der Waals surface area contributed by atoms with Crippen molar-refractivity contribution < 1.29 is 9.53 Å². The van der Waals surface area contributed by atoms with Crippen molar-refractivity contribution in [3.05, 3.63) is 65.7 Å². The zero-order valence-corrected chi connectivity index (χ0v) is 13.2. The van der Waals surface area contributed by atoms with Crippen molar-refractivity contribution in [1.29, 1.82) is 0 Å². The molecule has 2 aromatic rings. The van der Waals surface area contributed by atoms with Crippen LogP contribution in [0.3, 0.4) is 0 Å². The van der Waals surface area contributed by atoms with E-state index in [4.69, 9.17) is 10.5 Å². The predicted octanol–water partition coefficient (Wildman–Crippen LogP) is 2.83. The molecular weight excluding hydrogens is 288 g/mol. The van der Waals surface area contributed by atoms with Gasteiger partial charge in [-0.2, -0.15) is 0 Å². The Balaban J connectivity index is 1.68. The number of benzene rings is 2. The van der Waals surface area contributed by atoms with Crippen LogP contribution in [0.2, 0.25) is 0 Å². The Morgan fingerprint density at radius 2 is 2.00 bits per heavy atom. The molecule has 1 amide bonds. The molecular formula is C19H22N2O2. The molecule has 0 radical (unpaired) electrons. The van der Waals surface area contributed by atoms with Crippen molar-refractivity contribution in [2.75, 3.05) is 13.1 Å². The zero-order chi connectivity index (χ0) is 16.1. The Labute approximate surface area is 136 Å². The summed E-state index contributed by atoms with van der Waals surface area (Å²) in [6, 6.07) is 17.5. The molecule has 1 aliphatic heterocycles. The minimum absolute atomic E-state index is 0.0445. The van der Waals surface area contributed by atoms with Crippen LogP contribution in [0, 0.1) is 0 Å². The highest BCUT2D eigenvalue weighted by atomic mass is 16.5. The van der Waals surface area contributed by atoms with Crippen molar-refractivity contribution in [3.8, 4) is 5.75 Å². The number of rotatable bonds is 5. The van der Waals surface area contributed by atoms with Gasteiger partial charge in [0.25, 0.3) is 5.91 Å². The van der Waals surface area contributed by atoms with Gasteiger partial charge in [0.2, 0.25) is 0 Å². The summed E-state index contributed by atoms with van der Waals surface area (Å²) in [5, 5.41) is 0. The maximum atomic E-state index is 12.7. The van der Waals surface area contributed by atoms with E-state index in [2.05, 4.69) is 0 Å². The van der Waals surface area contributed by atoms with Crippen LogP contribution in [0.5, 0.6) is 5.75 Å². The molecule has 2 aromatic carbocycles. The zero-order valence-electron chi connectivity index (χ0n) is 13.2. The van der Waals surface area contributed by atoms with Gasteiger partial charge in [-0.25, -0.2) is 0 Å². The molecule has 0 aliphatic carbocycles. The number of ether oxygens (including phenoxy) is 1. The van der Waals surface area contributed by atoms with Gasteiger partial charge in [-0.1, -0.05) is 36.4 Å². The SMILES string of the molecule is NCC1CCCN1C(=O)c1cccc(OCc2ccccc2)c1. The average molecular weight is 310 g/mol. The highest BCUT2D eigenvalue weighted by Crippen LogP contribution is 2.22. The van der Waals surface area contributed by atoms with Gasteiger partial charge < -0.3 is 15.4 Å². The number of hydrogen-bond acceptors (Lipinski definition) is 3. The molecule has 2 N–H and O–H groups in total. The van der Waals surface area contributed by atoms with E-state index in [1.54, 1.807) is 0 Å². The van der Waals surface area contributed by atoms with E-state index >= 15 is 0 Å². The van der Waals surface area contributed by atoms with Crippen LogP contribution in [0.1, 0.15) is 28.8 Å². The Hall–Kier alpha value is -2.33. The first kappa shape index (κ1) is 15.6. The summed E-state index contributed by atoms with van der Waals surface area (Å²) >= 11 is 0. The Morgan fingerprint density at radius 1 is 1.17 bits per heavy atom. The van der Waals surface area contributed by atoms with E-state index in [0.717, 1.165) is 24.9 Å². The molecule has 0 spiro atoms. The third-order valence-corrected chi connectivity index (χ3v) is 4.24. The summed E-state index contributed by atoms with van der Waals surface area (Å²) in [5.74, 6) is 0.756. The first-order valence-electron chi connectivity index (χ1n) is 8.06. The van der Waals surface area contributed by atoms with Crippen LogP contribution in [-0.4, -0.2) is 29.9 Å². The second kappa shape index (κ2) is 7.29. The fourth-order valence-electron chi connectivity index (χ4n) is 2.97. The summed E-state index contributed by atoms with van der Waals surface area (Å²) < 4.78 is 5.80. The number of carbonyl (C=O) groups is 1. The quantitative estimate of drug-likeness (QED) is 0.924. The fourth-order valence-corrected chi connectivity index (χ4v) is 2.97. The number of carbonyl (C=O) groups excluding carboxylic acids is 1. The van der Waals surface area contributed by atoms with Gasteiger partial charge in [0.15, 0.2) is 0 Å². The molecule has 120 valence electrons. The van der Waals surface area contributed by atoms with Crippen LogP contribution in [0.4, 0.5) is 0 Å². The molecule has 4 heteroatoms. The second-order valence-corrected chi connectivity index (χ2v) is 5.83. The van der Waals surface area contributed by atoms with Crippen molar-refractivity contribution in [1.82, 2.24) is 4.90 Å². The van der Waals surface area contributed by atoms with Crippen LogP contribution in [0.25, 0.3) is 0 Å². The van der Waals surface area contributed by atoms with Gasteiger partial charge in [-0.3, -0.25) is 4.79 Å². The van der Waals surface area contributed by atoms with Crippen molar-refractivity contribution >= 4 is 5.91 Å². The minimum atomic E-state index is 0.0445. The highest BCUT2D eigenvalue weighted by molar-refractivity contribution is 5.95. The van der Waals surface area contributed by atoms with E-state index in [-0.39, 0.29) is 11.9 Å². The Bertz CT molecular complexity index is 657. The maximum absolute atomic E-state index is 12.7. The van der Waals surface area contributed by atoms with Crippen LogP contribution in [0.15, 0.2) is 54.6 Å². The van der Waals surface area contributed by atoms with E-state index in [1.165, 1.54) is 0 Å². The molecule has 23 heavy (non-hydrogen) atoms. The van der Waals surface area contributed by atoms with E-state index < -0.39 is 0 Å². The molecule has 0 bridgehead atoms. The highest BCUT2D eigenvalue weighted by Gasteiger charge is 2.28. The summed E-state index contributed by atoms with van der Waals surface area (Å²) in [7, 11) is 0. The largest absolute Gasteiger partial charge is 0.489 e. The van der Waals surface area contributed by atoms with E-state index in [9.17, 15) is 4.79 Å². The smallest absolute Gasteiger partial charge is 0.254 e. The van der Waals surface area contributed by atoms with Crippen LogP contribution < -0.4 is 10.5 Å². The van der Waals surface area contributed by atoms with E-state index in [1.807, 2.05) is 59.5 Å². The lowest BCUT2D eigenvalue weighted by Gasteiger charge is -2.23. The summed E-state index contributed by atoms with van der Waals surface area (Å²) in [5.41, 5.74) is 7.53. The molecule has 1 fully saturated rings. The molecule has 1 heterocycles. The molecule has 4 nitrogen and oxygen atoms in total. The molecule has 1 unspecified atom stereocenters. The second-order valence-electron chi connectivity index (χ2n) is 5.83. The summed E-state index contributed by atoms with van der Waals surface area (Å²) in [6.07, 6.45) is 2.02. The van der Waals surface area contributed by atoms with Crippen molar-refractivity contribution in [2.45, 2.75) is 25.5 Å². The normalized spacial score (nSPS) is 17.3. The lowest BCUT2D eigenvalue weighted by Crippen LogP contribution is -2.39. The van der Waals surface area contributed by atoms with Crippen molar-refractivity contribution in [3.63, 3.8) is 0 Å². The average Bonchev–Trinajstić information content (AvgIpc) is 3.09. The van der Waals surface area contributed by atoms with Gasteiger partial charge in [0, 0.05) is 24.7 Å². The number of hydrogen-bond donors (Lipinski definition) is 1. The number of likely N-dealkylation sites (tertiary alicyclic amines) is 1. The third-order valence-electron chi connectivity index (χ3n) is 4.24. The molecule has 1 atom stereocenters. The molecule has 0 saturated carbocycles. The van der Waals surface area contributed by atoms with Crippen LogP contribution in [-0.2, 0) is 6.61 Å². The fraction of sp³-hybridized carbons (Fsp3) is 0.316. The number of nitrogens with two attached hydrogens (primary N) is 1. The Morgan fingerprint density at radius 3 is 2.78 bits per heavy atom. The van der Waals surface area contributed by atoms with Gasteiger partial charge >= 0.3 is 0 Å².